The molecule has 9 heavy (non-hydrogen) atoms. The predicted molar refractivity (Wildman–Crippen MR) is 14.3 cm³/mol. The molecule has 8 heteroatoms. The van der Waals surface area contributed by atoms with Gasteiger partial charge in [0.1, 0.15) is 0 Å². The van der Waals surface area contributed by atoms with E-state index in [2.05, 4.69) is 0 Å². The molecule has 0 rings (SSSR count). The number of alkyl halides is 4. The Morgan fingerprint density at radius 1 is 0.778 bits per heavy atom. The zero-order chi connectivity index (χ0) is 4.50. The van der Waals surface area contributed by atoms with Crippen LogP contribution in [0.3, 0.4) is 0 Å². The van der Waals surface area contributed by atoms with Gasteiger partial charge in [-0.3, -0.25) is 0 Å². The Labute approximate surface area is 69.8 Å². The quantitative estimate of drug-likeness (QED) is 0.413. The van der Waals surface area contributed by atoms with Crippen LogP contribution in [0.4, 0.5) is 17.6 Å². The van der Waals surface area contributed by atoms with E-state index in [4.69, 9.17) is 0 Å². The number of halogens is 4. The Balaban J connectivity index is -0.0000000133. The molecule has 0 saturated carbocycles. The molecule has 0 aliphatic rings. The summed E-state index contributed by atoms with van der Waals surface area (Å²) in [6.07, 6.45) is -5.50. The number of hydrogen-bond acceptors (Lipinski definition) is 0. The van der Waals surface area contributed by atoms with Crippen LogP contribution in [0.25, 0.3) is 0 Å². The molecule has 0 bridgehead atoms. The van der Waals surface area contributed by atoms with Crippen molar-refractivity contribution in [2.75, 3.05) is 0 Å². The SMILES string of the molecule is FC(F)(F)F.[Al+3].[Mn+2].[O-2].[O-2]. The molecular weight excluding hydrogens is 202 g/mol. The van der Waals surface area contributed by atoms with E-state index in [0.29, 0.717) is 0 Å². The zero-order valence-corrected chi connectivity index (χ0v) is 6.12. The average molecular weight is 202 g/mol. The van der Waals surface area contributed by atoms with E-state index < -0.39 is 6.43 Å². The van der Waals surface area contributed by atoms with Crippen molar-refractivity contribution < 1.29 is 45.6 Å². The van der Waals surface area contributed by atoms with Crippen molar-refractivity contribution in [2.24, 2.45) is 0 Å². The molecule has 0 aliphatic carbocycles. The van der Waals surface area contributed by atoms with E-state index in [1.165, 1.54) is 0 Å². The Kier molecular flexibility index (Phi) is 42.4. The van der Waals surface area contributed by atoms with Gasteiger partial charge in [-0.2, -0.15) is 0 Å². The molecule has 0 heterocycles. The third-order valence-corrected chi connectivity index (χ3v) is 0. The molecule has 0 amide bonds. The molecule has 0 aromatic rings. The number of rotatable bonds is 0. The fourth-order valence-electron chi connectivity index (χ4n) is 0. The average Bonchev–Trinajstić information content (AvgIpc) is 0.722. The van der Waals surface area contributed by atoms with E-state index in [0.717, 1.165) is 0 Å². The Morgan fingerprint density at radius 3 is 0.778 bits per heavy atom. The maximum absolute atomic E-state index is 9.69. The van der Waals surface area contributed by atoms with Crippen LogP contribution in [0.2, 0.25) is 0 Å². The molecule has 0 aliphatic heterocycles. The summed E-state index contributed by atoms with van der Waals surface area (Å²) in [6, 6.07) is 0. The molecule has 0 aromatic carbocycles. The van der Waals surface area contributed by atoms with Crippen molar-refractivity contribution in [2.45, 2.75) is 6.43 Å². The molecule has 0 aromatic heterocycles. The molecule has 0 unspecified atom stereocenters. The largest absolute Gasteiger partial charge is 3.00 e. The maximum Gasteiger partial charge on any atom is 3.00 e. The summed E-state index contributed by atoms with van der Waals surface area (Å²) in [7, 11) is 0. The minimum absolute atomic E-state index is 0. The Hall–Kier alpha value is 0.692. The topological polar surface area (TPSA) is 57.0 Å². The molecule has 0 atom stereocenters. The van der Waals surface area contributed by atoms with Gasteiger partial charge in [0, 0.05) is 0 Å². The summed E-state index contributed by atoms with van der Waals surface area (Å²) in [4.78, 5) is 0. The third kappa shape index (κ3) is 813. The van der Waals surface area contributed by atoms with E-state index in [9.17, 15) is 17.6 Å². The normalized spacial score (nSPS) is 6.67. The molecule has 53 valence electrons. The second-order valence-corrected chi connectivity index (χ2v) is 0.429. The van der Waals surface area contributed by atoms with Crippen molar-refractivity contribution in [1.82, 2.24) is 0 Å². The fourth-order valence-corrected chi connectivity index (χ4v) is 0. The predicted octanol–water partition coefficient (Wildman–Crippen LogP) is 0.855. The molecule has 0 N–H and O–H groups in total. The molecule has 1 radical (unpaired) electrons. The number of hydrogen-bond donors (Lipinski definition) is 0. The molecule has 0 spiro atoms. The summed E-state index contributed by atoms with van der Waals surface area (Å²) in [6.45, 7) is 0. The summed E-state index contributed by atoms with van der Waals surface area (Å²) in [5, 5.41) is 0. The van der Waals surface area contributed by atoms with Gasteiger partial charge in [-0.1, -0.05) is 0 Å². The van der Waals surface area contributed by atoms with Crippen LogP contribution in [0, 0.1) is 0 Å². The first kappa shape index (κ1) is 33.3. The van der Waals surface area contributed by atoms with Crippen molar-refractivity contribution >= 4 is 17.4 Å². The first-order chi connectivity index (χ1) is 2.00. The Morgan fingerprint density at radius 2 is 0.778 bits per heavy atom. The smallest absolute Gasteiger partial charge is 2.00 e. The van der Waals surface area contributed by atoms with Gasteiger partial charge >= 0.3 is 40.9 Å². The first-order valence-corrected chi connectivity index (χ1v) is 0.756. The maximum atomic E-state index is 9.69. The van der Waals surface area contributed by atoms with Crippen LogP contribution in [0.5, 0.6) is 0 Å². The fraction of sp³-hybridized carbons (Fsp3) is 1.00. The van der Waals surface area contributed by atoms with Crippen LogP contribution in [0.15, 0.2) is 0 Å². The minimum Gasteiger partial charge on any atom is -2.00 e. The van der Waals surface area contributed by atoms with Crippen LogP contribution in [-0.4, -0.2) is 23.8 Å². The molecule has 0 saturated heterocycles. The van der Waals surface area contributed by atoms with Gasteiger partial charge in [0.15, 0.2) is 0 Å². The summed E-state index contributed by atoms with van der Waals surface area (Å²) in [5.74, 6) is 0. The summed E-state index contributed by atoms with van der Waals surface area (Å²) < 4.78 is 38.8. The van der Waals surface area contributed by atoms with Gasteiger partial charge in [-0.15, -0.1) is 17.6 Å². The van der Waals surface area contributed by atoms with Crippen molar-refractivity contribution in [3.05, 3.63) is 0 Å². The van der Waals surface area contributed by atoms with Gasteiger partial charge < -0.3 is 11.0 Å². The standard InChI is InChI=1S/CF4.Al.Mn.2O/c2-1(3,4)5;;;;/q;+3;+2;2*-2. The van der Waals surface area contributed by atoms with Crippen LogP contribution < -0.4 is 0 Å². The van der Waals surface area contributed by atoms with E-state index in [-0.39, 0.29) is 45.4 Å². The minimum atomic E-state index is -5.50. The van der Waals surface area contributed by atoms with Gasteiger partial charge in [0.05, 0.1) is 0 Å². The monoisotopic (exact) mass is 202 g/mol. The van der Waals surface area contributed by atoms with E-state index >= 15 is 0 Å². The Bertz CT molecular complexity index is 34.0. The second-order valence-electron chi connectivity index (χ2n) is 0.429. The summed E-state index contributed by atoms with van der Waals surface area (Å²) >= 11 is 0. The van der Waals surface area contributed by atoms with E-state index in [1.54, 1.807) is 0 Å². The second kappa shape index (κ2) is 11.5. The van der Waals surface area contributed by atoms with Crippen molar-refractivity contribution in [3.63, 3.8) is 0 Å². The van der Waals surface area contributed by atoms with Crippen LogP contribution in [-0.2, 0) is 28.0 Å². The zero-order valence-electron chi connectivity index (χ0n) is 3.78. The first-order valence-electron chi connectivity index (χ1n) is 0.756. The van der Waals surface area contributed by atoms with Gasteiger partial charge in [0.25, 0.3) is 0 Å². The van der Waals surface area contributed by atoms with Crippen molar-refractivity contribution in [1.29, 1.82) is 0 Å². The van der Waals surface area contributed by atoms with Gasteiger partial charge in [-0.25, -0.2) is 0 Å². The molecule has 2 nitrogen and oxygen atoms in total. The van der Waals surface area contributed by atoms with Crippen LogP contribution >= 0.6 is 0 Å². The summed E-state index contributed by atoms with van der Waals surface area (Å²) in [5.41, 5.74) is 0. The molecule has 0 fully saturated rings. The van der Waals surface area contributed by atoms with E-state index in [1.807, 2.05) is 0 Å². The van der Waals surface area contributed by atoms with Gasteiger partial charge in [-0.05, 0) is 0 Å². The van der Waals surface area contributed by atoms with Gasteiger partial charge in [0.2, 0.25) is 0 Å². The third-order valence-electron chi connectivity index (χ3n) is 0. The van der Waals surface area contributed by atoms with Crippen molar-refractivity contribution in [3.8, 4) is 0 Å². The molecular formula is CAlF4MnO2+. The van der Waals surface area contributed by atoms with Crippen LogP contribution in [0.1, 0.15) is 0 Å².